The van der Waals surface area contributed by atoms with Crippen molar-refractivity contribution in [2.45, 2.75) is 18.6 Å². The van der Waals surface area contributed by atoms with Crippen LogP contribution < -0.4 is 4.74 Å². The van der Waals surface area contributed by atoms with Crippen LogP contribution in [0.15, 0.2) is 40.9 Å². The summed E-state index contributed by atoms with van der Waals surface area (Å²) in [5.74, 6) is 0.0623. The normalized spacial score (nSPS) is 21.2. The molecule has 3 rings (SSSR count). The summed E-state index contributed by atoms with van der Waals surface area (Å²) in [7, 11) is 0. The fourth-order valence-electron chi connectivity index (χ4n) is 2.38. The number of aliphatic hydroxyl groups excluding tert-OH is 1. The highest BCUT2D eigenvalue weighted by Gasteiger charge is 2.30. The predicted molar refractivity (Wildman–Crippen MR) is 78.5 cm³/mol. The molecule has 0 aromatic heterocycles. The molecule has 104 valence electrons. The van der Waals surface area contributed by atoms with Crippen LogP contribution in [-0.2, 0) is 0 Å². The van der Waals surface area contributed by atoms with Gasteiger partial charge in [0.05, 0.1) is 11.1 Å². The van der Waals surface area contributed by atoms with Crippen molar-refractivity contribution in [3.05, 3.63) is 62.8 Å². The molecule has 2 atom stereocenters. The second-order valence-corrected chi connectivity index (χ2v) is 6.01. The number of ether oxygens (including phenoxy) is 1. The van der Waals surface area contributed by atoms with Crippen LogP contribution in [-0.4, -0.2) is 5.11 Å². The minimum absolute atomic E-state index is 0.0561. The van der Waals surface area contributed by atoms with Gasteiger partial charge in [-0.1, -0.05) is 45.7 Å². The molecular formula is C15H11BrClFO2. The minimum Gasteiger partial charge on any atom is -0.485 e. The van der Waals surface area contributed by atoms with E-state index < -0.39 is 18.0 Å². The molecule has 20 heavy (non-hydrogen) atoms. The molecule has 1 unspecified atom stereocenters. The second kappa shape index (κ2) is 5.35. The molecule has 0 aliphatic carbocycles. The third kappa shape index (κ3) is 2.43. The Labute approximate surface area is 129 Å². The minimum atomic E-state index is -0.685. The zero-order chi connectivity index (χ0) is 14.3. The van der Waals surface area contributed by atoms with E-state index in [4.69, 9.17) is 16.3 Å². The zero-order valence-corrected chi connectivity index (χ0v) is 12.7. The van der Waals surface area contributed by atoms with Crippen molar-refractivity contribution < 1.29 is 14.2 Å². The summed E-state index contributed by atoms with van der Waals surface area (Å²) < 4.78 is 20.7. The van der Waals surface area contributed by atoms with Crippen molar-refractivity contribution in [1.29, 1.82) is 0 Å². The largest absolute Gasteiger partial charge is 0.485 e. The summed E-state index contributed by atoms with van der Waals surface area (Å²) in [6.07, 6.45) is -0.938. The molecule has 2 nitrogen and oxygen atoms in total. The number of hydrogen-bond acceptors (Lipinski definition) is 2. The van der Waals surface area contributed by atoms with Crippen LogP contribution >= 0.6 is 27.5 Å². The molecule has 5 heteroatoms. The molecule has 0 fully saturated rings. The highest BCUT2D eigenvalue weighted by molar-refractivity contribution is 9.10. The lowest BCUT2D eigenvalue weighted by Crippen LogP contribution is -2.20. The van der Waals surface area contributed by atoms with Crippen molar-refractivity contribution in [1.82, 2.24) is 0 Å². The molecule has 2 aromatic carbocycles. The molecule has 0 amide bonds. The molecule has 1 aliphatic heterocycles. The Kier molecular flexibility index (Phi) is 3.71. The highest BCUT2D eigenvalue weighted by Crippen LogP contribution is 2.42. The van der Waals surface area contributed by atoms with E-state index >= 15 is 0 Å². The number of rotatable bonds is 1. The van der Waals surface area contributed by atoms with Gasteiger partial charge < -0.3 is 9.84 Å². The van der Waals surface area contributed by atoms with E-state index in [1.165, 1.54) is 6.07 Å². The van der Waals surface area contributed by atoms with Crippen molar-refractivity contribution in [2.75, 3.05) is 0 Å². The molecule has 0 spiro atoms. The van der Waals surface area contributed by atoms with E-state index in [9.17, 15) is 9.50 Å². The Bertz CT molecular complexity index is 662. The lowest BCUT2D eigenvalue weighted by Gasteiger charge is -2.30. The van der Waals surface area contributed by atoms with Gasteiger partial charge in [-0.05, 0) is 18.2 Å². The number of aliphatic hydroxyl groups is 1. The first-order chi connectivity index (χ1) is 9.56. The number of benzene rings is 2. The van der Waals surface area contributed by atoms with E-state index in [0.717, 1.165) is 4.47 Å². The van der Waals surface area contributed by atoms with Crippen LogP contribution in [0.2, 0.25) is 5.02 Å². The topological polar surface area (TPSA) is 29.5 Å². The Morgan fingerprint density at radius 3 is 2.85 bits per heavy atom. The van der Waals surface area contributed by atoms with Gasteiger partial charge in [-0.2, -0.15) is 0 Å². The Hall–Kier alpha value is -1.10. The van der Waals surface area contributed by atoms with Gasteiger partial charge in [0.1, 0.15) is 17.7 Å². The monoisotopic (exact) mass is 356 g/mol. The SMILES string of the molecule is O[C@H]1CC(c2cccc(Cl)c2F)Oc2cc(Br)ccc21. The first-order valence-electron chi connectivity index (χ1n) is 6.14. The summed E-state index contributed by atoms with van der Waals surface area (Å²) in [5.41, 5.74) is 1.08. The average Bonchev–Trinajstić information content (AvgIpc) is 2.41. The summed E-state index contributed by atoms with van der Waals surface area (Å²) >= 11 is 9.15. The van der Waals surface area contributed by atoms with E-state index in [1.807, 2.05) is 6.07 Å². The van der Waals surface area contributed by atoms with Crippen molar-refractivity contribution in [2.24, 2.45) is 0 Å². The first kappa shape index (κ1) is 13.9. The molecule has 0 radical (unpaired) electrons. The molecule has 1 N–H and O–H groups in total. The second-order valence-electron chi connectivity index (χ2n) is 4.68. The summed E-state index contributed by atoms with van der Waals surface area (Å²) in [4.78, 5) is 0. The maximum Gasteiger partial charge on any atom is 0.148 e. The zero-order valence-electron chi connectivity index (χ0n) is 10.3. The van der Waals surface area contributed by atoms with Gasteiger partial charge >= 0.3 is 0 Å². The lowest BCUT2D eigenvalue weighted by molar-refractivity contribution is 0.0640. The van der Waals surface area contributed by atoms with Crippen LogP contribution in [0, 0.1) is 5.82 Å². The first-order valence-corrected chi connectivity index (χ1v) is 7.31. The molecule has 1 heterocycles. The van der Waals surface area contributed by atoms with E-state index in [-0.39, 0.29) is 5.02 Å². The van der Waals surface area contributed by atoms with Crippen LogP contribution in [0.1, 0.15) is 29.8 Å². The van der Waals surface area contributed by atoms with Gasteiger partial charge in [-0.15, -0.1) is 0 Å². The Balaban J connectivity index is 2.00. The van der Waals surface area contributed by atoms with Crippen molar-refractivity contribution >= 4 is 27.5 Å². The fourth-order valence-corrected chi connectivity index (χ4v) is 2.90. The van der Waals surface area contributed by atoms with Gasteiger partial charge in [-0.3, -0.25) is 0 Å². The summed E-state index contributed by atoms with van der Waals surface area (Å²) in [6.45, 7) is 0. The number of halogens is 3. The molecular weight excluding hydrogens is 347 g/mol. The quantitative estimate of drug-likeness (QED) is 0.794. The van der Waals surface area contributed by atoms with Crippen molar-refractivity contribution in [3.63, 3.8) is 0 Å². The summed E-state index contributed by atoms with van der Waals surface area (Å²) in [5, 5.41) is 10.2. The molecule has 0 saturated heterocycles. The van der Waals surface area contributed by atoms with E-state index in [1.54, 1.807) is 24.3 Å². The standard InChI is InChI=1S/C15H11BrClFO2/c16-8-4-5-9-12(19)7-14(20-13(9)6-8)10-2-1-3-11(17)15(10)18/h1-6,12,14,19H,7H2/t12-,14?/m0/s1. The molecule has 0 saturated carbocycles. The number of fused-ring (bicyclic) bond motifs is 1. The van der Waals surface area contributed by atoms with Gasteiger partial charge in [-0.25, -0.2) is 4.39 Å². The van der Waals surface area contributed by atoms with Crippen LogP contribution in [0.25, 0.3) is 0 Å². The van der Waals surface area contributed by atoms with E-state index in [2.05, 4.69) is 15.9 Å². The van der Waals surface area contributed by atoms with Crippen molar-refractivity contribution in [3.8, 4) is 5.75 Å². The maximum absolute atomic E-state index is 14.1. The van der Waals surface area contributed by atoms with Crippen LogP contribution in [0.5, 0.6) is 5.75 Å². The number of hydrogen-bond donors (Lipinski definition) is 1. The van der Waals surface area contributed by atoms with Gasteiger partial charge in [0.25, 0.3) is 0 Å². The Morgan fingerprint density at radius 1 is 1.25 bits per heavy atom. The smallest absolute Gasteiger partial charge is 0.148 e. The van der Waals surface area contributed by atoms with Crippen LogP contribution in [0.4, 0.5) is 4.39 Å². The van der Waals surface area contributed by atoms with Gasteiger partial charge in [0, 0.05) is 22.0 Å². The third-order valence-corrected chi connectivity index (χ3v) is 4.15. The predicted octanol–water partition coefficient (Wildman–Crippen LogP) is 4.80. The van der Waals surface area contributed by atoms with Crippen LogP contribution in [0.3, 0.4) is 0 Å². The summed E-state index contributed by atoms with van der Waals surface area (Å²) in [6, 6.07) is 10.2. The lowest BCUT2D eigenvalue weighted by atomic mass is 9.95. The van der Waals surface area contributed by atoms with Gasteiger partial charge in [0.15, 0.2) is 0 Å². The highest BCUT2D eigenvalue weighted by atomic mass is 79.9. The van der Waals surface area contributed by atoms with Gasteiger partial charge in [0.2, 0.25) is 0 Å². The molecule has 1 aliphatic rings. The maximum atomic E-state index is 14.1. The van der Waals surface area contributed by atoms with E-state index in [0.29, 0.717) is 23.3 Å². The fraction of sp³-hybridized carbons (Fsp3) is 0.200. The Morgan fingerprint density at radius 2 is 2.05 bits per heavy atom. The molecule has 2 aromatic rings. The molecule has 0 bridgehead atoms. The third-order valence-electron chi connectivity index (χ3n) is 3.37. The average molecular weight is 358 g/mol.